The first-order valence-electron chi connectivity index (χ1n) is 8.88. The van der Waals surface area contributed by atoms with Gasteiger partial charge in [0.2, 0.25) is 0 Å². The highest BCUT2D eigenvalue weighted by Gasteiger charge is 2.11. The summed E-state index contributed by atoms with van der Waals surface area (Å²) < 4.78 is 47.4. The summed E-state index contributed by atoms with van der Waals surface area (Å²) in [4.78, 5) is 0. The first-order valence-corrected chi connectivity index (χ1v) is 8.88. The van der Waals surface area contributed by atoms with Crippen molar-refractivity contribution in [3.63, 3.8) is 0 Å². The second-order valence-corrected chi connectivity index (χ2v) is 6.50. The molecule has 0 bridgehead atoms. The maximum Gasteiger partial charge on any atom is 0.142 e. The Balaban J connectivity index is 1.67. The van der Waals surface area contributed by atoms with Crippen molar-refractivity contribution in [2.24, 2.45) is 0 Å². The second-order valence-electron chi connectivity index (χ2n) is 6.50. The normalized spacial score (nSPS) is 10.5. The minimum atomic E-state index is -0.730. The van der Waals surface area contributed by atoms with Gasteiger partial charge in [0.15, 0.2) is 0 Å². The van der Waals surface area contributed by atoms with Crippen LogP contribution in [0.5, 0.6) is 5.75 Å². The number of ether oxygens (including phenoxy) is 1. The van der Waals surface area contributed by atoms with Crippen LogP contribution in [-0.2, 0) is 0 Å². The molecule has 4 rings (SSSR count). The van der Waals surface area contributed by atoms with Crippen LogP contribution in [0.1, 0.15) is 11.1 Å². The summed E-state index contributed by atoms with van der Waals surface area (Å²) in [6.07, 6.45) is 0. The van der Waals surface area contributed by atoms with Crippen LogP contribution >= 0.6 is 0 Å². The van der Waals surface area contributed by atoms with E-state index in [0.29, 0.717) is 22.4 Å². The van der Waals surface area contributed by atoms with Gasteiger partial charge in [-0.2, -0.15) is 0 Å². The lowest BCUT2D eigenvalue weighted by atomic mass is 10.0. The fourth-order valence-corrected chi connectivity index (χ4v) is 3.07. The molecule has 0 saturated heterocycles. The van der Waals surface area contributed by atoms with Crippen LogP contribution in [0, 0.1) is 29.3 Å². The smallest absolute Gasteiger partial charge is 0.142 e. The van der Waals surface area contributed by atoms with Gasteiger partial charge < -0.3 is 4.74 Å². The highest BCUT2D eigenvalue weighted by Crippen LogP contribution is 2.26. The Hall–Kier alpha value is -3.71. The van der Waals surface area contributed by atoms with Gasteiger partial charge in [0.05, 0.1) is 12.7 Å². The van der Waals surface area contributed by atoms with E-state index in [4.69, 9.17) is 4.74 Å². The largest absolute Gasteiger partial charge is 0.497 e. The predicted molar refractivity (Wildman–Crippen MR) is 108 cm³/mol. The Morgan fingerprint density at radius 2 is 1.31 bits per heavy atom. The van der Waals surface area contributed by atoms with Crippen LogP contribution in [0.25, 0.3) is 21.9 Å². The molecule has 142 valence electrons. The van der Waals surface area contributed by atoms with E-state index >= 15 is 0 Å². The lowest BCUT2D eigenvalue weighted by molar-refractivity contribution is 0.415. The van der Waals surface area contributed by atoms with E-state index in [9.17, 15) is 13.2 Å². The number of fused-ring (bicyclic) bond motifs is 1. The molecule has 0 saturated carbocycles. The molecule has 0 amide bonds. The predicted octanol–water partition coefficient (Wildman–Crippen LogP) is 6.33. The zero-order chi connectivity index (χ0) is 20.4. The molecule has 4 heteroatoms. The molecule has 0 aliphatic carbocycles. The van der Waals surface area contributed by atoms with Crippen molar-refractivity contribution < 1.29 is 17.9 Å². The van der Waals surface area contributed by atoms with E-state index in [1.54, 1.807) is 55.6 Å². The minimum absolute atomic E-state index is 0.290. The van der Waals surface area contributed by atoms with Crippen LogP contribution in [0.15, 0.2) is 72.8 Å². The molecule has 0 unspecified atom stereocenters. The van der Waals surface area contributed by atoms with Gasteiger partial charge in [-0.25, -0.2) is 13.2 Å². The summed E-state index contributed by atoms with van der Waals surface area (Å²) in [5.41, 5.74) is 1.38. The van der Waals surface area contributed by atoms with Crippen molar-refractivity contribution in [1.82, 2.24) is 0 Å². The fourth-order valence-electron chi connectivity index (χ4n) is 3.07. The van der Waals surface area contributed by atoms with Crippen LogP contribution < -0.4 is 4.74 Å². The zero-order valence-corrected chi connectivity index (χ0v) is 15.5. The van der Waals surface area contributed by atoms with Crippen LogP contribution in [0.3, 0.4) is 0 Å². The third-order valence-corrected chi connectivity index (χ3v) is 4.60. The Morgan fingerprint density at radius 1 is 0.655 bits per heavy atom. The summed E-state index contributed by atoms with van der Waals surface area (Å²) in [5.74, 6) is 4.24. The monoisotopic (exact) mass is 388 g/mol. The van der Waals surface area contributed by atoms with Gasteiger partial charge in [-0.15, -0.1) is 0 Å². The Kier molecular flexibility index (Phi) is 4.97. The molecule has 0 aliphatic heterocycles. The molecule has 1 nitrogen and oxygen atoms in total. The Bertz CT molecular complexity index is 1240. The first-order chi connectivity index (χ1) is 14.0. The zero-order valence-electron chi connectivity index (χ0n) is 15.5. The maximum absolute atomic E-state index is 14.5. The van der Waals surface area contributed by atoms with Crippen molar-refractivity contribution in [2.45, 2.75) is 0 Å². The third kappa shape index (κ3) is 3.95. The lowest BCUT2D eigenvalue weighted by Gasteiger charge is -2.06. The van der Waals surface area contributed by atoms with Gasteiger partial charge in [-0.3, -0.25) is 0 Å². The Labute approximate surface area is 166 Å². The van der Waals surface area contributed by atoms with Crippen LogP contribution in [0.4, 0.5) is 13.2 Å². The number of hydrogen-bond donors (Lipinski definition) is 0. The highest BCUT2D eigenvalue weighted by atomic mass is 19.1. The SMILES string of the molecule is COc1ccc(-c2cc(F)c(C#Cc3ccc4cc(F)ccc4c3)c(F)c2)cc1. The maximum atomic E-state index is 14.5. The average molecular weight is 388 g/mol. The molecule has 4 aromatic rings. The Morgan fingerprint density at radius 3 is 2.00 bits per heavy atom. The molecular weight excluding hydrogens is 373 g/mol. The minimum Gasteiger partial charge on any atom is -0.497 e. The van der Waals surface area contributed by atoms with Crippen molar-refractivity contribution in [3.05, 3.63) is 101 Å². The number of halogens is 3. The van der Waals surface area contributed by atoms with Crippen molar-refractivity contribution in [2.75, 3.05) is 7.11 Å². The molecule has 0 heterocycles. The van der Waals surface area contributed by atoms with E-state index in [1.807, 2.05) is 0 Å². The molecule has 0 N–H and O–H groups in total. The van der Waals surface area contributed by atoms with Crippen LogP contribution in [0.2, 0.25) is 0 Å². The van der Waals surface area contributed by atoms with Gasteiger partial charge in [0.1, 0.15) is 23.2 Å². The highest BCUT2D eigenvalue weighted by molar-refractivity contribution is 5.84. The first kappa shape index (κ1) is 18.6. The van der Waals surface area contributed by atoms with E-state index in [0.717, 1.165) is 10.8 Å². The number of rotatable bonds is 2. The van der Waals surface area contributed by atoms with Gasteiger partial charge in [-0.1, -0.05) is 36.1 Å². The van der Waals surface area contributed by atoms with Crippen molar-refractivity contribution in [1.29, 1.82) is 0 Å². The van der Waals surface area contributed by atoms with E-state index < -0.39 is 11.6 Å². The summed E-state index contributed by atoms with van der Waals surface area (Å²) in [6, 6.07) is 19.0. The molecule has 4 aromatic carbocycles. The molecule has 0 aromatic heterocycles. The number of benzene rings is 4. The van der Waals surface area contributed by atoms with Crippen molar-refractivity contribution in [3.8, 4) is 28.7 Å². The van der Waals surface area contributed by atoms with E-state index in [2.05, 4.69) is 11.8 Å². The summed E-state index contributed by atoms with van der Waals surface area (Å²) in [7, 11) is 1.55. The van der Waals surface area contributed by atoms with Gasteiger partial charge >= 0.3 is 0 Å². The number of methoxy groups -OCH3 is 1. The third-order valence-electron chi connectivity index (χ3n) is 4.60. The van der Waals surface area contributed by atoms with Crippen LogP contribution in [-0.4, -0.2) is 7.11 Å². The average Bonchev–Trinajstić information content (AvgIpc) is 2.73. The van der Waals surface area contributed by atoms with E-state index in [-0.39, 0.29) is 11.4 Å². The lowest BCUT2D eigenvalue weighted by Crippen LogP contribution is -1.93. The number of hydrogen-bond acceptors (Lipinski definition) is 1. The topological polar surface area (TPSA) is 9.23 Å². The molecule has 0 atom stereocenters. The molecule has 0 aliphatic rings. The summed E-state index contributed by atoms with van der Waals surface area (Å²) in [5, 5.41) is 1.53. The molecule has 0 spiro atoms. The van der Waals surface area contributed by atoms with Gasteiger partial charge in [0, 0.05) is 5.56 Å². The van der Waals surface area contributed by atoms with Gasteiger partial charge in [0.25, 0.3) is 0 Å². The van der Waals surface area contributed by atoms with E-state index in [1.165, 1.54) is 24.3 Å². The summed E-state index contributed by atoms with van der Waals surface area (Å²) in [6.45, 7) is 0. The molecular formula is C25H15F3O. The molecule has 0 fully saturated rings. The van der Waals surface area contributed by atoms with Gasteiger partial charge in [-0.05, 0) is 70.4 Å². The standard InChI is InChI=1S/C25H15F3O/c1-29-22-9-6-17(7-10-22)20-14-24(27)23(25(28)15-20)11-3-16-2-4-19-13-21(26)8-5-18(19)12-16/h2,4-10,12-15H,1H3. The summed E-state index contributed by atoms with van der Waals surface area (Å²) >= 11 is 0. The molecule has 0 radical (unpaired) electrons. The second kappa shape index (κ2) is 7.73. The quantitative estimate of drug-likeness (QED) is 0.365. The molecule has 29 heavy (non-hydrogen) atoms. The van der Waals surface area contributed by atoms with Crippen molar-refractivity contribution >= 4 is 10.8 Å². The fraction of sp³-hybridized carbons (Fsp3) is 0.0400.